The molecule has 0 aromatic heterocycles. The van der Waals surface area contributed by atoms with Crippen molar-refractivity contribution in [3.63, 3.8) is 0 Å². The van der Waals surface area contributed by atoms with Crippen LogP contribution in [-0.2, 0) is 21.2 Å². The molecule has 4 rings (SSSR count). The van der Waals surface area contributed by atoms with E-state index in [1.165, 1.54) is 18.2 Å². The molecule has 1 N–H and O–H groups in total. The summed E-state index contributed by atoms with van der Waals surface area (Å²) in [5.74, 6) is -1.12. The van der Waals surface area contributed by atoms with E-state index in [2.05, 4.69) is 5.32 Å². The highest BCUT2D eigenvalue weighted by Gasteiger charge is 2.47. The number of nitrogens with one attached hydrogen (secondary N) is 1. The Hall–Kier alpha value is -2.41. The number of carbonyl (C=O) groups excluding carboxylic acids is 1. The van der Waals surface area contributed by atoms with Crippen molar-refractivity contribution < 1.29 is 27.1 Å². The third-order valence-corrected chi connectivity index (χ3v) is 5.87. The van der Waals surface area contributed by atoms with Crippen LogP contribution in [0.25, 0.3) is 0 Å². The first-order chi connectivity index (χ1) is 13.8. The van der Waals surface area contributed by atoms with Gasteiger partial charge in [-0.3, -0.25) is 4.79 Å². The second-order valence-electron chi connectivity index (χ2n) is 7.76. The predicted octanol–water partition coefficient (Wildman–Crippen LogP) is 4.77. The van der Waals surface area contributed by atoms with Crippen molar-refractivity contribution in [3.8, 4) is 0 Å². The molecule has 2 aliphatic rings. The highest BCUT2D eigenvalue weighted by molar-refractivity contribution is 5.83. The van der Waals surface area contributed by atoms with Gasteiger partial charge in [0.25, 0.3) is 0 Å². The summed E-state index contributed by atoms with van der Waals surface area (Å²) in [5, 5.41) is 3.11. The maximum absolute atomic E-state index is 13.3. The number of benzene rings is 2. The van der Waals surface area contributed by atoms with Gasteiger partial charge in [0, 0.05) is 19.1 Å². The van der Waals surface area contributed by atoms with E-state index in [-0.39, 0.29) is 23.6 Å². The lowest BCUT2D eigenvalue weighted by Gasteiger charge is -2.38. The molecule has 2 unspecified atom stereocenters. The van der Waals surface area contributed by atoms with Crippen LogP contribution < -0.4 is 5.32 Å². The largest absolute Gasteiger partial charge is 0.416 e. The summed E-state index contributed by atoms with van der Waals surface area (Å²) in [7, 11) is 0. The fraction of sp³-hybridized carbons (Fsp3) is 0.409. The zero-order chi connectivity index (χ0) is 20.6. The van der Waals surface area contributed by atoms with Crippen LogP contribution in [0.15, 0.2) is 48.5 Å². The van der Waals surface area contributed by atoms with Crippen LogP contribution in [0, 0.1) is 11.7 Å². The molecule has 29 heavy (non-hydrogen) atoms. The molecular weight excluding hydrogens is 386 g/mol. The minimum absolute atomic E-state index is 0.182. The first-order valence-corrected chi connectivity index (χ1v) is 9.61. The summed E-state index contributed by atoms with van der Waals surface area (Å²) < 4.78 is 57.7. The Kier molecular flexibility index (Phi) is 5.11. The summed E-state index contributed by atoms with van der Waals surface area (Å²) >= 11 is 0. The molecule has 2 fully saturated rings. The minimum atomic E-state index is -4.41. The minimum Gasteiger partial charge on any atom is -0.381 e. The molecule has 0 spiro atoms. The maximum atomic E-state index is 13.3. The van der Waals surface area contributed by atoms with Crippen LogP contribution in [-0.4, -0.2) is 19.1 Å². The van der Waals surface area contributed by atoms with Crippen molar-refractivity contribution in [2.45, 2.75) is 36.9 Å². The maximum Gasteiger partial charge on any atom is 0.416 e. The lowest BCUT2D eigenvalue weighted by Crippen LogP contribution is -2.50. The summed E-state index contributed by atoms with van der Waals surface area (Å²) in [4.78, 5) is 12.9. The van der Waals surface area contributed by atoms with E-state index in [0.717, 1.165) is 17.7 Å². The van der Waals surface area contributed by atoms with Gasteiger partial charge in [-0.25, -0.2) is 4.39 Å². The molecule has 3 nitrogen and oxygen atoms in total. The Morgan fingerprint density at radius 2 is 1.76 bits per heavy atom. The molecule has 2 atom stereocenters. The molecule has 1 heterocycles. The van der Waals surface area contributed by atoms with Crippen LogP contribution in [0.1, 0.15) is 41.9 Å². The number of alkyl halides is 3. The lowest BCUT2D eigenvalue weighted by atomic mass is 9.82. The van der Waals surface area contributed by atoms with Crippen molar-refractivity contribution >= 4 is 5.91 Å². The van der Waals surface area contributed by atoms with E-state index in [1.54, 1.807) is 18.2 Å². The van der Waals surface area contributed by atoms with Crippen LogP contribution in [0.3, 0.4) is 0 Å². The van der Waals surface area contributed by atoms with Crippen molar-refractivity contribution in [2.24, 2.45) is 5.92 Å². The topological polar surface area (TPSA) is 38.3 Å². The Morgan fingerprint density at radius 3 is 2.41 bits per heavy atom. The first-order valence-electron chi connectivity index (χ1n) is 9.61. The number of carbonyl (C=O) groups is 1. The average molecular weight is 407 g/mol. The van der Waals surface area contributed by atoms with Gasteiger partial charge in [0.05, 0.1) is 11.1 Å². The highest BCUT2D eigenvalue weighted by Crippen LogP contribution is 2.49. The molecule has 7 heteroatoms. The third kappa shape index (κ3) is 4.15. The van der Waals surface area contributed by atoms with Crippen molar-refractivity contribution in [2.75, 3.05) is 13.2 Å². The van der Waals surface area contributed by atoms with E-state index in [0.29, 0.717) is 38.0 Å². The number of ether oxygens (including phenoxy) is 1. The SMILES string of the molecule is O=C(NC1(c2ccc(F)cc2)CCOCC1)C1CC1c1cccc(C(F)(F)F)c1. The van der Waals surface area contributed by atoms with Gasteiger partial charge >= 0.3 is 6.18 Å². The number of amides is 1. The Labute approximate surface area is 166 Å². The van der Waals surface area contributed by atoms with E-state index >= 15 is 0 Å². The number of hydrogen-bond acceptors (Lipinski definition) is 2. The second kappa shape index (κ2) is 7.44. The first kappa shape index (κ1) is 19.9. The van der Waals surface area contributed by atoms with Gasteiger partial charge in [-0.2, -0.15) is 13.2 Å². The zero-order valence-electron chi connectivity index (χ0n) is 15.6. The smallest absolute Gasteiger partial charge is 0.381 e. The van der Waals surface area contributed by atoms with E-state index in [4.69, 9.17) is 4.74 Å². The quantitative estimate of drug-likeness (QED) is 0.742. The fourth-order valence-electron chi connectivity index (χ4n) is 4.10. The Bertz CT molecular complexity index is 888. The molecule has 1 aliphatic heterocycles. The highest BCUT2D eigenvalue weighted by atomic mass is 19.4. The molecule has 0 radical (unpaired) electrons. The summed E-state index contributed by atoms with van der Waals surface area (Å²) in [6, 6.07) is 11.2. The third-order valence-electron chi connectivity index (χ3n) is 5.87. The zero-order valence-corrected chi connectivity index (χ0v) is 15.6. The van der Waals surface area contributed by atoms with Crippen molar-refractivity contribution in [3.05, 3.63) is 71.0 Å². The fourth-order valence-corrected chi connectivity index (χ4v) is 4.10. The molecule has 0 bridgehead atoms. The van der Waals surface area contributed by atoms with E-state index < -0.39 is 17.3 Å². The standard InChI is InChI=1S/C22H21F4NO2/c23-17-6-4-15(5-7-17)21(8-10-29-11-9-21)27-20(28)19-13-18(19)14-2-1-3-16(12-14)22(24,25)26/h1-7,12,18-19H,8-11,13H2,(H,27,28). The van der Waals surface area contributed by atoms with Crippen molar-refractivity contribution in [1.29, 1.82) is 0 Å². The van der Waals surface area contributed by atoms with Gasteiger partial charge in [0.2, 0.25) is 5.91 Å². The molecule has 2 aromatic carbocycles. The molecule has 1 aliphatic carbocycles. The van der Waals surface area contributed by atoms with E-state index in [1.807, 2.05) is 0 Å². The Balaban J connectivity index is 1.50. The van der Waals surface area contributed by atoms with Gasteiger partial charge in [0.15, 0.2) is 0 Å². The van der Waals surface area contributed by atoms with Gasteiger partial charge in [0.1, 0.15) is 5.82 Å². The molecule has 1 amide bonds. The predicted molar refractivity (Wildman–Crippen MR) is 98.6 cm³/mol. The normalized spacial score (nSPS) is 23.4. The van der Waals surface area contributed by atoms with Crippen LogP contribution >= 0.6 is 0 Å². The van der Waals surface area contributed by atoms with E-state index in [9.17, 15) is 22.4 Å². The lowest BCUT2D eigenvalue weighted by molar-refractivity contribution is -0.137. The molecule has 2 aromatic rings. The average Bonchev–Trinajstić information content (AvgIpc) is 3.50. The van der Waals surface area contributed by atoms with Crippen LogP contribution in [0.5, 0.6) is 0 Å². The monoisotopic (exact) mass is 407 g/mol. The number of hydrogen-bond donors (Lipinski definition) is 1. The number of rotatable bonds is 4. The van der Waals surface area contributed by atoms with Crippen molar-refractivity contribution in [1.82, 2.24) is 5.32 Å². The molecular formula is C22H21F4NO2. The number of halogens is 4. The second-order valence-corrected chi connectivity index (χ2v) is 7.76. The molecule has 1 saturated carbocycles. The van der Waals surface area contributed by atoms with Gasteiger partial charge in [-0.1, -0.05) is 30.3 Å². The van der Waals surface area contributed by atoms with Gasteiger partial charge in [-0.15, -0.1) is 0 Å². The summed E-state index contributed by atoms with van der Waals surface area (Å²) in [5.41, 5.74) is -0.00727. The Morgan fingerprint density at radius 1 is 1.07 bits per heavy atom. The summed E-state index contributed by atoms with van der Waals surface area (Å²) in [6.45, 7) is 0.943. The summed E-state index contributed by atoms with van der Waals surface area (Å²) in [6.07, 6.45) is -2.77. The molecule has 154 valence electrons. The van der Waals surface area contributed by atoms with Crippen LogP contribution in [0.4, 0.5) is 17.6 Å². The van der Waals surface area contributed by atoms with Crippen LogP contribution in [0.2, 0.25) is 0 Å². The van der Waals surface area contributed by atoms with Gasteiger partial charge in [-0.05, 0) is 54.5 Å². The molecule has 1 saturated heterocycles. The van der Waals surface area contributed by atoms with Gasteiger partial charge < -0.3 is 10.1 Å².